The quantitative estimate of drug-likeness (QED) is 0.107. The number of hydrogen-bond donors (Lipinski definition) is 4. The number of nitrogen functional groups attached to an aromatic ring is 2. The normalized spacial score (nSPS) is 10.3. The Kier molecular flexibility index (Phi) is 11.8. The number of nitrogens with two attached hydrogens (primary N) is 2. The van der Waals surface area contributed by atoms with Crippen molar-refractivity contribution < 1.29 is 10.2 Å². The number of pyridine rings is 4. The van der Waals surface area contributed by atoms with E-state index in [0.717, 1.165) is 77.1 Å². The molecule has 0 aliphatic heterocycles. The van der Waals surface area contributed by atoms with Crippen molar-refractivity contribution in [2.45, 2.75) is 26.7 Å². The molecule has 0 aliphatic rings. The number of rotatable bonds is 2. The van der Waals surface area contributed by atoms with Gasteiger partial charge in [-0.2, -0.15) is 0 Å². The predicted molar refractivity (Wildman–Crippen MR) is 234 cm³/mol. The zero-order valence-electron chi connectivity index (χ0n) is 32.1. The number of aliphatic hydroxyl groups is 2. The number of aryl methyl sites for hydroxylation is 2. The lowest BCUT2D eigenvalue weighted by molar-refractivity contribution is 0.350. The maximum absolute atomic E-state index is 8.71. The van der Waals surface area contributed by atoms with Gasteiger partial charge in [0.1, 0.15) is 24.2 Å². The Hall–Kier alpha value is -7.72. The van der Waals surface area contributed by atoms with Gasteiger partial charge in [-0.05, 0) is 84.6 Å². The first-order chi connectivity index (χ1) is 28.3. The van der Waals surface area contributed by atoms with Gasteiger partial charge in [0, 0.05) is 69.0 Å². The van der Waals surface area contributed by atoms with E-state index in [1.54, 1.807) is 12.4 Å². The lowest BCUT2D eigenvalue weighted by Gasteiger charge is -2.07. The number of benzene rings is 4. The highest BCUT2D eigenvalue weighted by molar-refractivity contribution is 6.09. The van der Waals surface area contributed by atoms with Crippen molar-refractivity contribution in [3.8, 4) is 47.4 Å². The van der Waals surface area contributed by atoms with Crippen LogP contribution in [0.15, 0.2) is 109 Å². The third kappa shape index (κ3) is 9.21. The second-order valence-corrected chi connectivity index (χ2v) is 13.5. The molecule has 4 aromatic carbocycles. The van der Waals surface area contributed by atoms with Gasteiger partial charge in [-0.1, -0.05) is 95.9 Å². The molecular weight excluding hydrogens is 717 g/mol. The van der Waals surface area contributed by atoms with E-state index in [1.165, 1.54) is 0 Å². The Bertz CT molecular complexity index is 2880. The minimum Gasteiger partial charge on any atom is -0.384 e. The summed E-state index contributed by atoms with van der Waals surface area (Å²) in [6, 6.07) is 32.2. The minimum atomic E-state index is -0.111. The largest absolute Gasteiger partial charge is 0.384 e. The number of nitrogens with zero attached hydrogens (tertiary/aromatic N) is 4. The topological polar surface area (TPSA) is 144 Å². The fourth-order valence-corrected chi connectivity index (χ4v) is 6.32. The lowest BCUT2D eigenvalue weighted by atomic mass is 10.1. The van der Waals surface area contributed by atoms with Crippen molar-refractivity contribution in [2.75, 3.05) is 24.7 Å². The third-order valence-electron chi connectivity index (χ3n) is 9.23. The second-order valence-electron chi connectivity index (χ2n) is 13.5. The Morgan fingerprint density at radius 3 is 1.26 bits per heavy atom. The van der Waals surface area contributed by atoms with Crippen molar-refractivity contribution in [1.82, 2.24) is 19.9 Å². The van der Waals surface area contributed by atoms with Crippen LogP contribution in [0.1, 0.15) is 44.5 Å². The highest BCUT2D eigenvalue weighted by Gasteiger charge is 2.10. The predicted octanol–water partition coefficient (Wildman–Crippen LogP) is 7.22. The average molecular weight is 755 g/mol. The second kappa shape index (κ2) is 17.8. The zero-order valence-corrected chi connectivity index (χ0v) is 32.1. The SMILES string of the molecule is Cc1ccc2c(c1)nc(N)c1ncc(C#Cc3ccc(CC#CCO)cc3)cc12.Cc1ccc2c(c1)nc(N)c1ncc(C#Cc3ccc(CC#CCO)cc3)cc12. The first-order valence-corrected chi connectivity index (χ1v) is 18.5. The lowest BCUT2D eigenvalue weighted by Crippen LogP contribution is -1.96. The first-order valence-electron chi connectivity index (χ1n) is 18.5. The standard InChI is InChI=1S/2C25H19N3O/c2*1-17-5-12-21-22-15-20(16-27-24(22)25(26)28-23(21)14-17)11-10-19-8-6-18(7-9-19)4-2-3-13-29/h2*5-9,12,14-16,29H,4,13H2,1H3,(H2,26,28). The van der Waals surface area contributed by atoms with E-state index in [2.05, 4.69) is 91.6 Å². The summed E-state index contributed by atoms with van der Waals surface area (Å²) in [6.45, 7) is 3.85. The van der Waals surface area contributed by atoms with E-state index in [1.807, 2.05) is 86.6 Å². The summed E-state index contributed by atoms with van der Waals surface area (Å²) in [5.74, 6) is 24.7. The molecule has 4 aromatic heterocycles. The molecule has 280 valence electrons. The van der Waals surface area contributed by atoms with Crippen LogP contribution in [0, 0.1) is 61.2 Å². The average Bonchev–Trinajstić information content (AvgIpc) is 3.23. The van der Waals surface area contributed by atoms with Crippen molar-refractivity contribution in [3.63, 3.8) is 0 Å². The number of anilines is 2. The van der Waals surface area contributed by atoms with Crippen LogP contribution in [0.3, 0.4) is 0 Å². The van der Waals surface area contributed by atoms with Crippen LogP contribution in [-0.2, 0) is 12.8 Å². The molecule has 58 heavy (non-hydrogen) atoms. The van der Waals surface area contributed by atoms with Gasteiger partial charge in [0.2, 0.25) is 0 Å². The van der Waals surface area contributed by atoms with Crippen LogP contribution in [0.2, 0.25) is 0 Å². The molecule has 0 saturated carbocycles. The molecule has 8 aromatic rings. The van der Waals surface area contributed by atoms with E-state index in [4.69, 9.17) is 21.7 Å². The zero-order chi connectivity index (χ0) is 40.4. The van der Waals surface area contributed by atoms with Crippen molar-refractivity contribution in [3.05, 3.63) is 154 Å². The molecule has 0 spiro atoms. The van der Waals surface area contributed by atoms with Gasteiger partial charge in [-0.25, -0.2) is 9.97 Å². The molecule has 0 aliphatic carbocycles. The molecule has 4 heterocycles. The molecule has 8 rings (SSSR count). The highest BCUT2D eigenvalue weighted by Crippen LogP contribution is 2.29. The number of aromatic nitrogens is 4. The van der Waals surface area contributed by atoms with Crippen molar-refractivity contribution in [2.24, 2.45) is 0 Å². The smallest absolute Gasteiger partial charge is 0.150 e. The van der Waals surface area contributed by atoms with E-state index in [0.29, 0.717) is 35.5 Å². The van der Waals surface area contributed by atoms with E-state index < -0.39 is 0 Å². The number of fused-ring (bicyclic) bond motifs is 6. The molecule has 0 unspecified atom stereocenters. The van der Waals surface area contributed by atoms with Gasteiger partial charge < -0.3 is 21.7 Å². The maximum atomic E-state index is 8.71. The van der Waals surface area contributed by atoms with Gasteiger partial charge >= 0.3 is 0 Å². The number of aliphatic hydroxyl groups excluding tert-OH is 2. The summed E-state index contributed by atoms with van der Waals surface area (Å²) in [4.78, 5) is 17.9. The molecule has 8 heteroatoms. The molecule has 0 radical (unpaired) electrons. The summed E-state index contributed by atoms with van der Waals surface area (Å²) < 4.78 is 0. The molecule has 0 atom stereocenters. The van der Waals surface area contributed by atoms with Gasteiger partial charge in [0.25, 0.3) is 0 Å². The van der Waals surface area contributed by atoms with Gasteiger partial charge in [0.05, 0.1) is 11.0 Å². The highest BCUT2D eigenvalue weighted by atomic mass is 16.3. The Labute approximate surface area is 337 Å². The summed E-state index contributed by atoms with van der Waals surface area (Å²) in [7, 11) is 0. The third-order valence-corrected chi connectivity index (χ3v) is 9.23. The molecule has 6 N–H and O–H groups in total. The Morgan fingerprint density at radius 1 is 0.466 bits per heavy atom. The van der Waals surface area contributed by atoms with E-state index >= 15 is 0 Å². The van der Waals surface area contributed by atoms with Gasteiger partial charge in [-0.15, -0.1) is 0 Å². The molecular formula is C50H38N6O2. The van der Waals surface area contributed by atoms with Crippen LogP contribution in [0.4, 0.5) is 11.6 Å². The van der Waals surface area contributed by atoms with Crippen LogP contribution in [0.25, 0.3) is 43.6 Å². The fourth-order valence-electron chi connectivity index (χ4n) is 6.32. The summed E-state index contributed by atoms with van der Waals surface area (Å²) in [5.41, 5.74) is 23.3. The monoisotopic (exact) mass is 754 g/mol. The summed E-state index contributed by atoms with van der Waals surface area (Å²) in [6.07, 6.45) is 4.69. The number of hydrogen-bond acceptors (Lipinski definition) is 8. The van der Waals surface area contributed by atoms with Gasteiger partial charge in [-0.3, -0.25) is 9.97 Å². The van der Waals surface area contributed by atoms with Crippen LogP contribution < -0.4 is 11.5 Å². The Morgan fingerprint density at radius 2 is 0.862 bits per heavy atom. The van der Waals surface area contributed by atoms with Crippen LogP contribution >= 0.6 is 0 Å². The molecule has 8 nitrogen and oxygen atoms in total. The van der Waals surface area contributed by atoms with Crippen molar-refractivity contribution in [1.29, 1.82) is 0 Å². The minimum absolute atomic E-state index is 0.111. The molecule has 0 bridgehead atoms. The Balaban J connectivity index is 0.000000177. The summed E-state index contributed by atoms with van der Waals surface area (Å²) >= 11 is 0. The molecule has 0 amide bonds. The van der Waals surface area contributed by atoms with E-state index in [9.17, 15) is 0 Å². The van der Waals surface area contributed by atoms with Crippen LogP contribution in [0.5, 0.6) is 0 Å². The maximum Gasteiger partial charge on any atom is 0.150 e. The fraction of sp³-hybridized carbons (Fsp3) is 0.120. The van der Waals surface area contributed by atoms with Gasteiger partial charge in [0.15, 0.2) is 11.6 Å². The van der Waals surface area contributed by atoms with Crippen LogP contribution in [-0.4, -0.2) is 43.4 Å². The van der Waals surface area contributed by atoms with Crippen molar-refractivity contribution >= 4 is 55.2 Å². The summed E-state index contributed by atoms with van der Waals surface area (Å²) in [5, 5.41) is 21.4. The molecule has 0 fully saturated rings. The first kappa shape index (κ1) is 38.6. The molecule has 0 saturated heterocycles. The van der Waals surface area contributed by atoms with E-state index in [-0.39, 0.29) is 13.2 Å².